The van der Waals surface area contributed by atoms with Crippen LogP contribution in [0.5, 0.6) is 5.75 Å². The third-order valence-corrected chi connectivity index (χ3v) is 3.09. The number of phenolic OH excluding ortho intramolecular Hbond substituents is 1. The minimum absolute atomic E-state index is 0.0457. The van der Waals surface area contributed by atoms with Crippen molar-refractivity contribution >= 4 is 39.7 Å². The van der Waals surface area contributed by atoms with Crippen molar-refractivity contribution in [3.05, 3.63) is 63.1 Å². The van der Waals surface area contributed by atoms with Crippen LogP contribution in [0.4, 0.5) is 0 Å². The van der Waals surface area contributed by atoms with Gasteiger partial charge in [-0.1, -0.05) is 29.8 Å². The Labute approximate surface area is 129 Å². The van der Waals surface area contributed by atoms with E-state index in [0.29, 0.717) is 20.6 Å². The maximum absolute atomic E-state index is 10.4. The molecule has 6 heteroatoms. The van der Waals surface area contributed by atoms with Crippen molar-refractivity contribution < 1.29 is 9.90 Å². The number of nitrogens with two attached hydrogens (primary N) is 1. The SMILES string of the molecule is N=Cc1cc(Cl)cc(Br)c1O.NC(=O)c1ccccc1. The predicted molar refractivity (Wildman–Crippen MR) is 83.7 cm³/mol. The Balaban J connectivity index is 0.000000204. The van der Waals surface area contributed by atoms with Gasteiger partial charge in [0.15, 0.2) is 0 Å². The van der Waals surface area contributed by atoms with Crippen LogP contribution >= 0.6 is 27.5 Å². The van der Waals surface area contributed by atoms with Gasteiger partial charge in [-0.3, -0.25) is 4.79 Å². The number of carbonyl (C=O) groups excluding carboxylic acids is 1. The first-order valence-electron chi connectivity index (χ1n) is 5.49. The Morgan fingerprint density at radius 2 is 1.90 bits per heavy atom. The fourth-order valence-electron chi connectivity index (χ4n) is 1.30. The zero-order valence-corrected chi connectivity index (χ0v) is 12.6. The topological polar surface area (TPSA) is 87.2 Å². The molecule has 0 atom stereocenters. The summed E-state index contributed by atoms with van der Waals surface area (Å²) in [5, 5.41) is 16.7. The van der Waals surface area contributed by atoms with Gasteiger partial charge in [-0.25, -0.2) is 0 Å². The fraction of sp³-hybridized carbons (Fsp3) is 0. The van der Waals surface area contributed by atoms with E-state index >= 15 is 0 Å². The maximum Gasteiger partial charge on any atom is 0.248 e. The van der Waals surface area contributed by atoms with E-state index < -0.39 is 0 Å². The smallest absolute Gasteiger partial charge is 0.248 e. The number of hydrogen-bond donors (Lipinski definition) is 3. The van der Waals surface area contributed by atoms with Crippen LogP contribution in [0, 0.1) is 5.41 Å². The van der Waals surface area contributed by atoms with Crippen LogP contribution in [-0.4, -0.2) is 17.2 Å². The molecule has 0 bridgehead atoms. The quantitative estimate of drug-likeness (QED) is 0.719. The summed E-state index contributed by atoms with van der Waals surface area (Å²) >= 11 is 8.76. The predicted octanol–water partition coefficient (Wildman–Crippen LogP) is 3.59. The minimum Gasteiger partial charge on any atom is -0.506 e. The van der Waals surface area contributed by atoms with Crippen molar-refractivity contribution in [3.8, 4) is 5.75 Å². The number of carbonyl (C=O) groups is 1. The molecule has 4 N–H and O–H groups in total. The van der Waals surface area contributed by atoms with E-state index in [4.69, 9.17) is 22.7 Å². The maximum atomic E-state index is 10.4. The lowest BCUT2D eigenvalue weighted by Gasteiger charge is -2.00. The van der Waals surface area contributed by atoms with Crippen LogP contribution in [0.25, 0.3) is 0 Å². The number of rotatable bonds is 2. The molecule has 0 saturated carbocycles. The molecule has 0 saturated heterocycles. The molecular weight excluding hydrogens is 344 g/mol. The number of phenols is 1. The standard InChI is InChI=1S/C7H5BrClNO.C7H7NO/c8-6-2-5(9)1-4(3-10)7(6)11;8-7(9)6-4-2-1-3-5-6/h1-3,10-11H;1-5H,(H2,8,9). The van der Waals surface area contributed by atoms with Crippen LogP contribution in [-0.2, 0) is 0 Å². The second-order valence-electron chi connectivity index (χ2n) is 3.70. The van der Waals surface area contributed by atoms with Gasteiger partial charge in [-0.2, -0.15) is 0 Å². The average molecular weight is 356 g/mol. The second kappa shape index (κ2) is 7.67. The Bertz CT molecular complexity index is 618. The summed E-state index contributed by atoms with van der Waals surface area (Å²) in [7, 11) is 0. The third kappa shape index (κ3) is 4.68. The molecule has 0 spiro atoms. The summed E-state index contributed by atoms with van der Waals surface area (Å²) in [6.45, 7) is 0. The van der Waals surface area contributed by atoms with E-state index in [1.165, 1.54) is 6.07 Å². The molecule has 2 aromatic rings. The Kier molecular flexibility index (Phi) is 6.21. The Morgan fingerprint density at radius 1 is 1.30 bits per heavy atom. The van der Waals surface area contributed by atoms with E-state index in [2.05, 4.69) is 15.9 Å². The second-order valence-corrected chi connectivity index (χ2v) is 4.99. The number of halogens is 2. The molecule has 0 fully saturated rings. The minimum atomic E-state index is -0.379. The summed E-state index contributed by atoms with van der Waals surface area (Å²) in [6, 6.07) is 11.9. The Hall–Kier alpha value is -1.85. The normalized spacial score (nSPS) is 9.30. The van der Waals surface area contributed by atoms with Gasteiger partial charge in [0.1, 0.15) is 5.75 Å². The van der Waals surface area contributed by atoms with Crippen molar-refractivity contribution in [1.82, 2.24) is 0 Å². The van der Waals surface area contributed by atoms with Crippen molar-refractivity contribution in [1.29, 1.82) is 5.41 Å². The molecule has 20 heavy (non-hydrogen) atoms. The molecule has 1 amide bonds. The van der Waals surface area contributed by atoms with E-state index in [-0.39, 0.29) is 11.7 Å². The first kappa shape index (κ1) is 16.2. The van der Waals surface area contributed by atoms with Gasteiger partial charge >= 0.3 is 0 Å². The molecule has 0 aliphatic heterocycles. The van der Waals surface area contributed by atoms with Gasteiger partial charge in [0.2, 0.25) is 5.91 Å². The first-order chi connectivity index (χ1) is 9.45. The highest BCUT2D eigenvalue weighted by Gasteiger charge is 2.04. The van der Waals surface area contributed by atoms with Crippen LogP contribution < -0.4 is 5.73 Å². The summed E-state index contributed by atoms with van der Waals surface area (Å²) in [6.07, 6.45) is 1.05. The monoisotopic (exact) mass is 354 g/mol. The highest BCUT2D eigenvalue weighted by molar-refractivity contribution is 9.10. The van der Waals surface area contributed by atoms with Crippen molar-refractivity contribution in [3.63, 3.8) is 0 Å². The molecule has 2 rings (SSSR count). The summed E-state index contributed by atoms with van der Waals surface area (Å²) in [4.78, 5) is 10.4. The van der Waals surface area contributed by atoms with E-state index in [9.17, 15) is 9.90 Å². The van der Waals surface area contributed by atoms with Crippen molar-refractivity contribution in [2.24, 2.45) is 5.73 Å². The molecule has 2 aromatic carbocycles. The van der Waals surface area contributed by atoms with Gasteiger partial charge < -0.3 is 16.2 Å². The first-order valence-corrected chi connectivity index (χ1v) is 6.66. The van der Waals surface area contributed by atoms with Gasteiger partial charge in [0.25, 0.3) is 0 Å². The Morgan fingerprint density at radius 3 is 2.35 bits per heavy atom. The van der Waals surface area contributed by atoms with Crippen LogP contribution in [0.1, 0.15) is 15.9 Å². The van der Waals surface area contributed by atoms with Crippen molar-refractivity contribution in [2.75, 3.05) is 0 Å². The molecular formula is C14H12BrClN2O2. The lowest BCUT2D eigenvalue weighted by molar-refractivity contribution is 0.100. The largest absolute Gasteiger partial charge is 0.506 e. The molecule has 0 radical (unpaired) electrons. The summed E-state index contributed by atoms with van der Waals surface area (Å²) < 4.78 is 0.503. The van der Waals surface area contributed by atoms with Gasteiger partial charge in [0, 0.05) is 22.4 Å². The van der Waals surface area contributed by atoms with E-state index in [1.54, 1.807) is 30.3 Å². The van der Waals surface area contributed by atoms with Gasteiger partial charge in [-0.05, 0) is 40.2 Å². The van der Waals surface area contributed by atoms with Crippen LogP contribution in [0.3, 0.4) is 0 Å². The number of nitrogens with one attached hydrogen (secondary N) is 1. The number of primary amides is 1. The number of hydrogen-bond acceptors (Lipinski definition) is 3. The lowest BCUT2D eigenvalue weighted by Crippen LogP contribution is -2.09. The molecule has 0 heterocycles. The molecule has 0 aromatic heterocycles. The van der Waals surface area contributed by atoms with E-state index in [0.717, 1.165) is 6.21 Å². The van der Waals surface area contributed by atoms with Gasteiger partial charge in [-0.15, -0.1) is 0 Å². The fourth-order valence-corrected chi connectivity index (χ4v) is 2.13. The lowest BCUT2D eigenvalue weighted by atomic mass is 10.2. The van der Waals surface area contributed by atoms with E-state index in [1.807, 2.05) is 6.07 Å². The highest BCUT2D eigenvalue weighted by atomic mass is 79.9. The molecule has 0 unspecified atom stereocenters. The molecule has 0 aliphatic carbocycles. The zero-order valence-electron chi connectivity index (χ0n) is 10.3. The van der Waals surface area contributed by atoms with Crippen LogP contribution in [0.15, 0.2) is 46.9 Å². The summed E-state index contributed by atoms with van der Waals surface area (Å²) in [5.74, 6) is -0.333. The third-order valence-electron chi connectivity index (χ3n) is 2.27. The number of benzene rings is 2. The van der Waals surface area contributed by atoms with Crippen LogP contribution in [0.2, 0.25) is 5.02 Å². The zero-order chi connectivity index (χ0) is 15.1. The highest BCUT2D eigenvalue weighted by Crippen LogP contribution is 2.30. The number of aromatic hydroxyl groups is 1. The van der Waals surface area contributed by atoms with Gasteiger partial charge in [0.05, 0.1) is 4.47 Å². The molecule has 0 aliphatic rings. The summed E-state index contributed by atoms with van der Waals surface area (Å²) in [5.41, 5.74) is 5.93. The number of amides is 1. The molecule has 4 nitrogen and oxygen atoms in total. The average Bonchev–Trinajstić information content (AvgIpc) is 2.44. The molecule has 104 valence electrons. The van der Waals surface area contributed by atoms with Crippen molar-refractivity contribution in [2.45, 2.75) is 0 Å².